The predicted octanol–water partition coefficient (Wildman–Crippen LogP) is 0.483. The summed E-state index contributed by atoms with van der Waals surface area (Å²) in [5, 5.41) is 11.5. The molecule has 0 unspecified atom stereocenters. The maximum absolute atomic E-state index is 4.14. The summed E-state index contributed by atoms with van der Waals surface area (Å²) >= 11 is 0. The van der Waals surface area contributed by atoms with Crippen LogP contribution in [0.2, 0.25) is 0 Å². The molecular formula is C11H21N5. The molecule has 0 spiro atoms. The molecule has 1 saturated heterocycles. The van der Waals surface area contributed by atoms with Gasteiger partial charge in [0.15, 0.2) is 0 Å². The quantitative estimate of drug-likeness (QED) is 0.789. The molecule has 5 nitrogen and oxygen atoms in total. The lowest BCUT2D eigenvalue weighted by Crippen LogP contribution is -2.43. The number of hydrogen-bond acceptors (Lipinski definition) is 4. The van der Waals surface area contributed by atoms with Crippen molar-refractivity contribution in [3.8, 4) is 0 Å². The molecule has 1 N–H and O–H groups in total. The second kappa shape index (κ2) is 5.96. The Morgan fingerprint density at radius 3 is 2.94 bits per heavy atom. The summed E-state index contributed by atoms with van der Waals surface area (Å²) in [4.78, 5) is 2.46. The lowest BCUT2D eigenvalue weighted by Gasteiger charge is -2.26. The minimum atomic E-state index is 0.985. The third-order valence-corrected chi connectivity index (χ3v) is 3.02. The van der Waals surface area contributed by atoms with E-state index in [4.69, 9.17) is 0 Å². The topological polar surface area (TPSA) is 46.0 Å². The van der Waals surface area contributed by atoms with Gasteiger partial charge in [-0.3, -0.25) is 4.90 Å². The first-order chi connectivity index (χ1) is 7.90. The zero-order valence-corrected chi connectivity index (χ0v) is 10.0. The van der Waals surface area contributed by atoms with Gasteiger partial charge in [0.05, 0.1) is 11.9 Å². The number of rotatable bonds is 5. The van der Waals surface area contributed by atoms with Gasteiger partial charge < -0.3 is 5.32 Å². The van der Waals surface area contributed by atoms with Crippen LogP contribution < -0.4 is 5.32 Å². The molecule has 90 valence electrons. The predicted molar refractivity (Wildman–Crippen MR) is 63.1 cm³/mol. The number of aryl methyl sites for hydroxylation is 1. The highest BCUT2D eigenvalue weighted by molar-refractivity contribution is 4.94. The number of hydrogen-bond donors (Lipinski definition) is 1. The molecule has 0 amide bonds. The molecule has 0 radical (unpaired) electrons. The van der Waals surface area contributed by atoms with Crippen molar-refractivity contribution in [2.75, 3.05) is 26.2 Å². The Morgan fingerprint density at radius 2 is 2.19 bits per heavy atom. The summed E-state index contributed by atoms with van der Waals surface area (Å²) in [6, 6.07) is 0. The van der Waals surface area contributed by atoms with E-state index in [2.05, 4.69) is 27.5 Å². The van der Waals surface area contributed by atoms with E-state index in [1.54, 1.807) is 0 Å². The van der Waals surface area contributed by atoms with Crippen LogP contribution in [0.5, 0.6) is 0 Å². The third-order valence-electron chi connectivity index (χ3n) is 3.02. The monoisotopic (exact) mass is 223 g/mol. The Balaban J connectivity index is 1.89. The molecule has 2 heterocycles. The lowest BCUT2D eigenvalue weighted by atomic mass is 10.3. The molecule has 5 heteroatoms. The van der Waals surface area contributed by atoms with Crippen LogP contribution >= 0.6 is 0 Å². The molecule has 1 aromatic heterocycles. The van der Waals surface area contributed by atoms with Gasteiger partial charge >= 0.3 is 0 Å². The van der Waals surface area contributed by atoms with Gasteiger partial charge in [-0.25, -0.2) is 4.68 Å². The number of nitrogens with zero attached hydrogens (tertiary/aromatic N) is 4. The lowest BCUT2D eigenvalue weighted by molar-refractivity contribution is 0.226. The first-order valence-corrected chi connectivity index (χ1v) is 6.20. The van der Waals surface area contributed by atoms with E-state index in [0.29, 0.717) is 0 Å². The van der Waals surface area contributed by atoms with E-state index < -0.39 is 0 Å². The largest absolute Gasteiger partial charge is 0.314 e. The van der Waals surface area contributed by atoms with Gasteiger partial charge in [0, 0.05) is 39.3 Å². The summed E-state index contributed by atoms with van der Waals surface area (Å²) in [7, 11) is 0. The molecule has 2 rings (SSSR count). The van der Waals surface area contributed by atoms with E-state index in [0.717, 1.165) is 39.3 Å². The number of unbranched alkanes of at least 4 members (excludes halogenated alkanes) is 1. The highest BCUT2D eigenvalue weighted by Gasteiger charge is 2.12. The molecule has 0 aliphatic carbocycles. The van der Waals surface area contributed by atoms with Crippen molar-refractivity contribution < 1.29 is 0 Å². The summed E-state index contributed by atoms with van der Waals surface area (Å²) in [5.41, 5.74) is 1.25. The van der Waals surface area contributed by atoms with E-state index in [-0.39, 0.29) is 0 Å². The standard InChI is InChI=1S/C11H21N5/c1-2-3-6-16-11(9-13-14-16)10-15-7-4-12-5-8-15/h9,12H,2-8,10H2,1H3. The van der Waals surface area contributed by atoms with Gasteiger partial charge in [-0.2, -0.15) is 0 Å². The van der Waals surface area contributed by atoms with E-state index in [1.807, 2.05) is 10.9 Å². The molecular weight excluding hydrogens is 202 g/mol. The Hall–Kier alpha value is -0.940. The van der Waals surface area contributed by atoms with Crippen molar-refractivity contribution in [3.63, 3.8) is 0 Å². The van der Waals surface area contributed by atoms with Crippen LogP contribution in [0.25, 0.3) is 0 Å². The first kappa shape index (κ1) is 11.5. The van der Waals surface area contributed by atoms with Crippen LogP contribution in [0, 0.1) is 0 Å². The van der Waals surface area contributed by atoms with Crippen LogP contribution in [0.4, 0.5) is 0 Å². The van der Waals surface area contributed by atoms with Gasteiger partial charge in [0.1, 0.15) is 0 Å². The average Bonchev–Trinajstić information content (AvgIpc) is 2.75. The first-order valence-electron chi connectivity index (χ1n) is 6.20. The number of piperazine rings is 1. The highest BCUT2D eigenvalue weighted by Crippen LogP contribution is 2.05. The summed E-state index contributed by atoms with van der Waals surface area (Å²) in [6.07, 6.45) is 4.28. The Morgan fingerprint density at radius 1 is 1.38 bits per heavy atom. The molecule has 0 atom stereocenters. The Bertz CT molecular complexity index is 303. The van der Waals surface area contributed by atoms with E-state index >= 15 is 0 Å². The van der Waals surface area contributed by atoms with E-state index in [1.165, 1.54) is 18.5 Å². The van der Waals surface area contributed by atoms with Crippen molar-refractivity contribution in [1.29, 1.82) is 0 Å². The summed E-state index contributed by atoms with van der Waals surface area (Å²) < 4.78 is 2.05. The van der Waals surface area contributed by atoms with Crippen molar-refractivity contribution in [2.24, 2.45) is 0 Å². The molecule has 16 heavy (non-hydrogen) atoms. The van der Waals surface area contributed by atoms with Crippen LogP contribution in [0.15, 0.2) is 6.20 Å². The fourth-order valence-electron chi connectivity index (χ4n) is 2.00. The second-order valence-electron chi connectivity index (χ2n) is 4.33. The fourth-order valence-corrected chi connectivity index (χ4v) is 2.00. The molecule has 1 aliphatic rings. The summed E-state index contributed by atoms with van der Waals surface area (Å²) in [6.45, 7) is 8.62. The molecule has 1 aromatic rings. The molecule has 0 aromatic carbocycles. The number of nitrogens with one attached hydrogen (secondary N) is 1. The van der Waals surface area contributed by atoms with Crippen LogP contribution in [-0.4, -0.2) is 46.1 Å². The van der Waals surface area contributed by atoms with Gasteiger partial charge in [-0.15, -0.1) is 5.10 Å². The van der Waals surface area contributed by atoms with Crippen molar-refractivity contribution >= 4 is 0 Å². The minimum absolute atomic E-state index is 0.985. The van der Waals surface area contributed by atoms with Gasteiger partial charge in [0.25, 0.3) is 0 Å². The van der Waals surface area contributed by atoms with Crippen molar-refractivity contribution in [3.05, 3.63) is 11.9 Å². The molecule has 0 saturated carbocycles. The van der Waals surface area contributed by atoms with Gasteiger partial charge in [-0.05, 0) is 6.42 Å². The maximum Gasteiger partial charge on any atom is 0.0738 e. The SMILES string of the molecule is CCCCn1nncc1CN1CCNCC1. The zero-order valence-electron chi connectivity index (χ0n) is 10.0. The fraction of sp³-hybridized carbons (Fsp3) is 0.818. The summed E-state index contributed by atoms with van der Waals surface area (Å²) in [5.74, 6) is 0. The second-order valence-corrected chi connectivity index (χ2v) is 4.33. The minimum Gasteiger partial charge on any atom is -0.314 e. The average molecular weight is 223 g/mol. The Kier molecular flexibility index (Phi) is 4.30. The molecule has 0 bridgehead atoms. The van der Waals surface area contributed by atoms with Crippen LogP contribution in [-0.2, 0) is 13.1 Å². The highest BCUT2D eigenvalue weighted by atomic mass is 15.4. The van der Waals surface area contributed by atoms with Crippen LogP contribution in [0.1, 0.15) is 25.5 Å². The zero-order chi connectivity index (χ0) is 11.2. The van der Waals surface area contributed by atoms with Gasteiger partial charge in [-0.1, -0.05) is 18.6 Å². The van der Waals surface area contributed by atoms with Gasteiger partial charge in [0.2, 0.25) is 0 Å². The van der Waals surface area contributed by atoms with Crippen molar-refractivity contribution in [2.45, 2.75) is 32.9 Å². The van der Waals surface area contributed by atoms with Crippen molar-refractivity contribution in [1.82, 2.24) is 25.2 Å². The Labute approximate surface area is 96.8 Å². The smallest absolute Gasteiger partial charge is 0.0738 e. The molecule has 1 fully saturated rings. The van der Waals surface area contributed by atoms with E-state index in [9.17, 15) is 0 Å². The maximum atomic E-state index is 4.14. The molecule has 1 aliphatic heterocycles. The third kappa shape index (κ3) is 3.02. The normalized spacial score (nSPS) is 17.8. The number of aromatic nitrogens is 3. The van der Waals surface area contributed by atoms with Crippen LogP contribution in [0.3, 0.4) is 0 Å².